The van der Waals surface area contributed by atoms with Crippen molar-refractivity contribution in [2.45, 2.75) is 18.3 Å². The highest BCUT2D eigenvalue weighted by Gasteiger charge is 2.44. The highest BCUT2D eigenvalue weighted by molar-refractivity contribution is 5.94. The molecule has 1 aliphatic rings. The number of hydrogen-bond acceptors (Lipinski definition) is 3. The standard InChI is InChI=1S/C18H18FN3O2/c19-14-5-3-4-13(10-14)18(7-8-18)12-22-16(23)11-21-17(24)15-6-1-2-9-20-15/h1-6,9-10H,7-8,11-12H2,(H,21,24)(H,22,23). The average Bonchev–Trinajstić information content (AvgIpc) is 3.40. The van der Waals surface area contributed by atoms with Crippen molar-refractivity contribution in [1.29, 1.82) is 0 Å². The number of hydrogen-bond donors (Lipinski definition) is 2. The third kappa shape index (κ3) is 3.76. The Morgan fingerprint density at radius 1 is 1.12 bits per heavy atom. The summed E-state index contributed by atoms with van der Waals surface area (Å²) in [6.07, 6.45) is 3.35. The first-order chi connectivity index (χ1) is 11.6. The lowest BCUT2D eigenvalue weighted by Gasteiger charge is -2.17. The summed E-state index contributed by atoms with van der Waals surface area (Å²) in [4.78, 5) is 27.7. The SMILES string of the molecule is O=C(CNC(=O)c1ccccn1)NCC1(c2cccc(F)c2)CC1. The van der Waals surface area contributed by atoms with Crippen LogP contribution < -0.4 is 10.6 Å². The molecular weight excluding hydrogens is 309 g/mol. The van der Waals surface area contributed by atoms with Gasteiger partial charge >= 0.3 is 0 Å². The summed E-state index contributed by atoms with van der Waals surface area (Å²) < 4.78 is 13.4. The highest BCUT2D eigenvalue weighted by atomic mass is 19.1. The van der Waals surface area contributed by atoms with Gasteiger partial charge in [-0.25, -0.2) is 4.39 Å². The van der Waals surface area contributed by atoms with Crippen LogP contribution in [0.1, 0.15) is 28.9 Å². The van der Waals surface area contributed by atoms with Gasteiger partial charge in [-0.2, -0.15) is 0 Å². The minimum absolute atomic E-state index is 0.116. The van der Waals surface area contributed by atoms with Gasteiger partial charge in [-0.1, -0.05) is 18.2 Å². The Balaban J connectivity index is 1.49. The average molecular weight is 327 g/mol. The predicted octanol–water partition coefficient (Wildman–Crippen LogP) is 1.80. The first-order valence-corrected chi connectivity index (χ1v) is 7.81. The molecule has 0 aliphatic heterocycles. The molecule has 2 amide bonds. The Morgan fingerprint density at radius 2 is 1.96 bits per heavy atom. The maximum atomic E-state index is 13.4. The topological polar surface area (TPSA) is 71.1 Å². The molecule has 2 aromatic rings. The maximum Gasteiger partial charge on any atom is 0.270 e. The molecule has 24 heavy (non-hydrogen) atoms. The molecule has 1 aromatic carbocycles. The van der Waals surface area contributed by atoms with E-state index in [-0.39, 0.29) is 29.4 Å². The fourth-order valence-electron chi connectivity index (χ4n) is 2.62. The van der Waals surface area contributed by atoms with Gasteiger partial charge in [0.1, 0.15) is 11.5 Å². The molecule has 1 aliphatic carbocycles. The predicted molar refractivity (Wildman–Crippen MR) is 86.9 cm³/mol. The fourth-order valence-corrected chi connectivity index (χ4v) is 2.62. The summed E-state index contributed by atoms with van der Waals surface area (Å²) >= 11 is 0. The smallest absolute Gasteiger partial charge is 0.270 e. The molecule has 1 heterocycles. The maximum absolute atomic E-state index is 13.4. The van der Waals surface area contributed by atoms with E-state index >= 15 is 0 Å². The first-order valence-electron chi connectivity index (χ1n) is 7.81. The van der Waals surface area contributed by atoms with Gasteiger partial charge in [-0.15, -0.1) is 0 Å². The number of nitrogens with one attached hydrogen (secondary N) is 2. The molecule has 6 heteroatoms. The number of amides is 2. The van der Waals surface area contributed by atoms with Crippen LogP contribution in [0.3, 0.4) is 0 Å². The summed E-state index contributed by atoms with van der Waals surface area (Å²) in [6, 6.07) is 11.5. The largest absolute Gasteiger partial charge is 0.354 e. The van der Waals surface area contributed by atoms with E-state index in [0.717, 1.165) is 18.4 Å². The minimum Gasteiger partial charge on any atom is -0.354 e. The Morgan fingerprint density at radius 3 is 2.62 bits per heavy atom. The van der Waals surface area contributed by atoms with Gasteiger partial charge in [0.15, 0.2) is 0 Å². The van der Waals surface area contributed by atoms with Crippen molar-refractivity contribution in [1.82, 2.24) is 15.6 Å². The molecule has 0 radical (unpaired) electrons. The lowest BCUT2D eigenvalue weighted by molar-refractivity contribution is -0.120. The molecule has 1 fully saturated rings. The van der Waals surface area contributed by atoms with Gasteiger partial charge in [0, 0.05) is 18.2 Å². The van der Waals surface area contributed by atoms with E-state index in [1.54, 1.807) is 24.3 Å². The van der Waals surface area contributed by atoms with E-state index in [2.05, 4.69) is 15.6 Å². The van der Waals surface area contributed by atoms with Gasteiger partial charge in [-0.3, -0.25) is 14.6 Å². The molecule has 3 rings (SSSR count). The molecule has 0 spiro atoms. The molecular formula is C18H18FN3O2. The molecule has 0 unspecified atom stereocenters. The van der Waals surface area contributed by atoms with Gasteiger partial charge in [0.25, 0.3) is 5.91 Å². The van der Waals surface area contributed by atoms with Gasteiger partial charge in [0.2, 0.25) is 5.91 Å². The van der Waals surface area contributed by atoms with Crippen LogP contribution in [0.25, 0.3) is 0 Å². The lowest BCUT2D eigenvalue weighted by Crippen LogP contribution is -2.40. The number of nitrogens with zero attached hydrogens (tertiary/aromatic N) is 1. The van der Waals surface area contributed by atoms with Crippen molar-refractivity contribution in [3.63, 3.8) is 0 Å². The monoisotopic (exact) mass is 327 g/mol. The number of benzene rings is 1. The van der Waals surface area contributed by atoms with Crippen LogP contribution >= 0.6 is 0 Å². The lowest BCUT2D eigenvalue weighted by atomic mass is 9.96. The summed E-state index contributed by atoms with van der Waals surface area (Å²) in [7, 11) is 0. The van der Waals surface area contributed by atoms with Gasteiger partial charge in [-0.05, 0) is 42.7 Å². The second-order valence-corrected chi connectivity index (χ2v) is 5.97. The number of halogens is 1. The summed E-state index contributed by atoms with van der Waals surface area (Å²) in [5.74, 6) is -0.938. The van der Waals surface area contributed by atoms with E-state index in [0.29, 0.717) is 6.54 Å². The number of pyridine rings is 1. The molecule has 0 bridgehead atoms. The van der Waals surface area contributed by atoms with E-state index in [1.807, 2.05) is 6.07 Å². The first kappa shape index (κ1) is 16.1. The van der Waals surface area contributed by atoms with E-state index in [9.17, 15) is 14.0 Å². The third-order valence-corrected chi connectivity index (χ3v) is 4.22. The van der Waals surface area contributed by atoms with E-state index in [4.69, 9.17) is 0 Å². The van der Waals surface area contributed by atoms with Gasteiger partial charge in [0.05, 0.1) is 6.54 Å². The summed E-state index contributed by atoms with van der Waals surface area (Å²) in [5.41, 5.74) is 0.993. The molecule has 1 saturated carbocycles. The van der Waals surface area contributed by atoms with Crippen LogP contribution in [0.2, 0.25) is 0 Å². The normalized spacial score (nSPS) is 14.7. The number of rotatable bonds is 6. The summed E-state index contributed by atoms with van der Waals surface area (Å²) in [6.45, 7) is 0.323. The quantitative estimate of drug-likeness (QED) is 0.850. The Bertz CT molecular complexity index is 745. The molecule has 5 nitrogen and oxygen atoms in total. The zero-order valence-corrected chi connectivity index (χ0v) is 13.1. The van der Waals surface area contributed by atoms with Crippen LogP contribution in [-0.4, -0.2) is 29.9 Å². The van der Waals surface area contributed by atoms with Crippen molar-refractivity contribution in [3.05, 3.63) is 65.7 Å². The highest BCUT2D eigenvalue weighted by Crippen LogP contribution is 2.47. The van der Waals surface area contributed by atoms with Gasteiger partial charge < -0.3 is 10.6 Å². The van der Waals surface area contributed by atoms with Crippen LogP contribution in [0.15, 0.2) is 48.7 Å². The zero-order valence-electron chi connectivity index (χ0n) is 13.1. The fraction of sp³-hybridized carbons (Fsp3) is 0.278. The van der Waals surface area contributed by atoms with Crippen molar-refractivity contribution in [2.24, 2.45) is 0 Å². The number of carbonyl (C=O) groups is 2. The van der Waals surface area contributed by atoms with Crippen molar-refractivity contribution in [2.75, 3.05) is 13.1 Å². The molecule has 124 valence electrons. The Labute approximate surface area is 139 Å². The zero-order chi connectivity index (χ0) is 17.0. The second-order valence-electron chi connectivity index (χ2n) is 5.97. The molecule has 0 atom stereocenters. The molecule has 1 aromatic heterocycles. The second kappa shape index (κ2) is 6.78. The van der Waals surface area contributed by atoms with Crippen LogP contribution in [-0.2, 0) is 10.2 Å². The number of carbonyl (C=O) groups excluding carboxylic acids is 2. The van der Waals surface area contributed by atoms with E-state index in [1.165, 1.54) is 18.3 Å². The van der Waals surface area contributed by atoms with Crippen molar-refractivity contribution >= 4 is 11.8 Å². The van der Waals surface area contributed by atoms with E-state index < -0.39 is 5.91 Å². The Kier molecular flexibility index (Phi) is 4.55. The van der Waals surface area contributed by atoms with Crippen LogP contribution in [0.5, 0.6) is 0 Å². The van der Waals surface area contributed by atoms with Crippen LogP contribution in [0.4, 0.5) is 4.39 Å². The molecule has 0 saturated heterocycles. The van der Waals surface area contributed by atoms with Crippen molar-refractivity contribution < 1.29 is 14.0 Å². The molecule has 2 N–H and O–H groups in total. The Hall–Kier alpha value is -2.76. The number of aromatic nitrogens is 1. The summed E-state index contributed by atoms with van der Waals surface area (Å²) in [5, 5.41) is 5.34. The minimum atomic E-state index is -0.392. The van der Waals surface area contributed by atoms with Crippen LogP contribution in [0, 0.1) is 5.82 Å². The van der Waals surface area contributed by atoms with Crippen molar-refractivity contribution in [3.8, 4) is 0 Å². The third-order valence-electron chi connectivity index (χ3n) is 4.22.